The van der Waals surface area contributed by atoms with Crippen LogP contribution in [0.1, 0.15) is 49.1 Å². The van der Waals surface area contributed by atoms with Crippen LogP contribution in [-0.2, 0) is 0 Å². The summed E-state index contributed by atoms with van der Waals surface area (Å²) in [4.78, 5) is 0. The molecule has 1 atom stereocenters. The molecule has 1 aromatic carbocycles. The molecule has 2 rings (SSSR count). The van der Waals surface area contributed by atoms with E-state index in [0.717, 1.165) is 12.3 Å². The van der Waals surface area contributed by atoms with Gasteiger partial charge in [0.05, 0.1) is 12.0 Å². The molecule has 0 heterocycles. The lowest BCUT2D eigenvalue weighted by molar-refractivity contribution is 0.482. The summed E-state index contributed by atoms with van der Waals surface area (Å²) in [6.07, 6.45) is 6.42. The Labute approximate surface area is 98.1 Å². The Morgan fingerprint density at radius 3 is 2.75 bits per heavy atom. The molecule has 1 saturated carbocycles. The first-order valence-corrected chi connectivity index (χ1v) is 6.26. The van der Waals surface area contributed by atoms with E-state index in [0.29, 0.717) is 0 Å². The largest absolute Gasteiger partial charge is 0.198 e. The molecule has 0 aliphatic heterocycles. The zero-order valence-electron chi connectivity index (χ0n) is 9.95. The molecule has 1 heteroatoms. The summed E-state index contributed by atoms with van der Waals surface area (Å²) in [5.41, 5.74) is 2.46. The minimum Gasteiger partial charge on any atom is -0.198 e. The van der Waals surface area contributed by atoms with Crippen molar-refractivity contribution in [3.8, 4) is 6.07 Å². The molecule has 0 N–H and O–H groups in total. The van der Waals surface area contributed by atoms with Gasteiger partial charge in [-0.15, -0.1) is 0 Å². The molecule has 0 saturated heterocycles. The van der Waals surface area contributed by atoms with Crippen molar-refractivity contribution >= 4 is 0 Å². The molecule has 1 aromatic rings. The fourth-order valence-corrected chi connectivity index (χ4v) is 2.73. The molecule has 1 fully saturated rings. The van der Waals surface area contributed by atoms with Crippen molar-refractivity contribution in [3.63, 3.8) is 0 Å². The van der Waals surface area contributed by atoms with Crippen molar-refractivity contribution in [2.75, 3.05) is 0 Å². The third-order valence-corrected chi connectivity index (χ3v) is 3.64. The van der Waals surface area contributed by atoms with E-state index in [-0.39, 0.29) is 5.92 Å². The fourth-order valence-electron chi connectivity index (χ4n) is 2.73. The summed E-state index contributed by atoms with van der Waals surface area (Å²) in [6.45, 7) is 2.09. The first kappa shape index (κ1) is 11.2. The quantitative estimate of drug-likeness (QED) is 0.738. The summed E-state index contributed by atoms with van der Waals surface area (Å²) in [5.74, 6) is 0.883. The minimum atomic E-state index is 0.1000. The van der Waals surface area contributed by atoms with Crippen molar-refractivity contribution in [2.24, 2.45) is 5.92 Å². The minimum absolute atomic E-state index is 0.1000. The number of rotatable bonds is 3. The first-order chi connectivity index (χ1) is 7.79. The maximum atomic E-state index is 9.28. The normalized spacial score (nSPS) is 18.2. The van der Waals surface area contributed by atoms with Gasteiger partial charge in [-0.2, -0.15) is 5.26 Å². The van der Waals surface area contributed by atoms with Crippen molar-refractivity contribution < 1.29 is 0 Å². The molecule has 1 aliphatic rings. The molecular formula is C15H19N. The van der Waals surface area contributed by atoms with Crippen LogP contribution in [0.3, 0.4) is 0 Å². The zero-order valence-corrected chi connectivity index (χ0v) is 9.95. The third-order valence-electron chi connectivity index (χ3n) is 3.64. The summed E-state index contributed by atoms with van der Waals surface area (Å²) < 4.78 is 0. The zero-order chi connectivity index (χ0) is 11.4. The van der Waals surface area contributed by atoms with E-state index >= 15 is 0 Å². The molecule has 0 amide bonds. The van der Waals surface area contributed by atoms with Crippen molar-refractivity contribution in [3.05, 3.63) is 35.4 Å². The highest BCUT2D eigenvalue weighted by Crippen LogP contribution is 2.33. The van der Waals surface area contributed by atoms with Crippen LogP contribution in [0.25, 0.3) is 0 Å². The molecular weight excluding hydrogens is 194 g/mol. The topological polar surface area (TPSA) is 23.8 Å². The first-order valence-electron chi connectivity index (χ1n) is 6.26. The van der Waals surface area contributed by atoms with E-state index in [1.807, 2.05) is 0 Å². The van der Waals surface area contributed by atoms with Gasteiger partial charge in [-0.1, -0.05) is 55.5 Å². The lowest BCUT2D eigenvalue weighted by atomic mass is 9.88. The van der Waals surface area contributed by atoms with Crippen molar-refractivity contribution in [1.82, 2.24) is 0 Å². The van der Waals surface area contributed by atoms with E-state index < -0.39 is 0 Å². The lowest BCUT2D eigenvalue weighted by Gasteiger charge is -2.14. The van der Waals surface area contributed by atoms with E-state index in [4.69, 9.17) is 0 Å². The Kier molecular flexibility index (Phi) is 3.62. The number of hydrogen-bond donors (Lipinski definition) is 0. The van der Waals surface area contributed by atoms with Gasteiger partial charge in [-0.3, -0.25) is 0 Å². The van der Waals surface area contributed by atoms with Gasteiger partial charge < -0.3 is 0 Å². The van der Waals surface area contributed by atoms with Crippen LogP contribution >= 0.6 is 0 Å². The molecule has 0 aromatic heterocycles. The lowest BCUT2D eigenvalue weighted by Crippen LogP contribution is -2.03. The van der Waals surface area contributed by atoms with Gasteiger partial charge in [0.25, 0.3) is 0 Å². The molecule has 0 spiro atoms. The third kappa shape index (κ3) is 2.64. The number of benzene rings is 1. The predicted molar refractivity (Wildman–Crippen MR) is 66.1 cm³/mol. The summed E-state index contributed by atoms with van der Waals surface area (Å²) in [6, 6.07) is 10.9. The smallest absolute Gasteiger partial charge is 0.0715 e. The van der Waals surface area contributed by atoms with Crippen LogP contribution in [0.4, 0.5) is 0 Å². The number of nitrogens with zero attached hydrogens (tertiary/aromatic N) is 1. The average molecular weight is 213 g/mol. The van der Waals surface area contributed by atoms with Crippen molar-refractivity contribution in [1.29, 1.82) is 5.26 Å². The number of hydrogen-bond acceptors (Lipinski definition) is 1. The van der Waals surface area contributed by atoms with Crippen LogP contribution in [0.5, 0.6) is 0 Å². The summed E-state index contributed by atoms with van der Waals surface area (Å²) >= 11 is 0. The number of aryl methyl sites for hydroxylation is 1. The molecule has 1 aliphatic carbocycles. The maximum Gasteiger partial charge on any atom is 0.0715 e. The standard InChI is InChI=1S/C15H19N/c1-12-5-4-8-14(9-12)15(11-16)10-13-6-2-3-7-13/h4-5,8-9,13,15H,2-3,6-7,10H2,1H3/t15-/m0/s1. The Morgan fingerprint density at radius 1 is 1.38 bits per heavy atom. The second kappa shape index (κ2) is 5.16. The Morgan fingerprint density at radius 2 is 2.12 bits per heavy atom. The van der Waals surface area contributed by atoms with E-state index in [1.54, 1.807) is 0 Å². The molecule has 1 nitrogen and oxygen atoms in total. The van der Waals surface area contributed by atoms with Gasteiger partial charge in [0.15, 0.2) is 0 Å². The van der Waals surface area contributed by atoms with Crippen molar-refractivity contribution in [2.45, 2.75) is 44.9 Å². The van der Waals surface area contributed by atoms with Crippen LogP contribution in [0, 0.1) is 24.2 Å². The molecule has 84 valence electrons. The Hall–Kier alpha value is -1.29. The molecule has 0 unspecified atom stereocenters. The van der Waals surface area contributed by atoms with Crippen LogP contribution < -0.4 is 0 Å². The average Bonchev–Trinajstić information content (AvgIpc) is 2.78. The van der Waals surface area contributed by atoms with Crippen LogP contribution in [-0.4, -0.2) is 0 Å². The van der Waals surface area contributed by atoms with Gasteiger partial charge in [0.2, 0.25) is 0 Å². The fraction of sp³-hybridized carbons (Fsp3) is 0.533. The highest BCUT2D eigenvalue weighted by Gasteiger charge is 2.21. The van der Waals surface area contributed by atoms with E-state index in [2.05, 4.69) is 37.3 Å². The van der Waals surface area contributed by atoms with Gasteiger partial charge >= 0.3 is 0 Å². The van der Waals surface area contributed by atoms with Crippen LogP contribution in [0.15, 0.2) is 24.3 Å². The van der Waals surface area contributed by atoms with E-state index in [1.165, 1.54) is 36.8 Å². The Balaban J connectivity index is 2.07. The number of nitriles is 1. The summed E-state index contributed by atoms with van der Waals surface area (Å²) in [5, 5.41) is 9.28. The highest BCUT2D eigenvalue weighted by atomic mass is 14.3. The van der Waals surface area contributed by atoms with Crippen LogP contribution in [0.2, 0.25) is 0 Å². The second-order valence-electron chi connectivity index (χ2n) is 4.98. The summed E-state index contributed by atoms with van der Waals surface area (Å²) in [7, 11) is 0. The van der Waals surface area contributed by atoms with E-state index in [9.17, 15) is 5.26 Å². The Bertz CT molecular complexity index is 383. The van der Waals surface area contributed by atoms with Gasteiger partial charge in [-0.25, -0.2) is 0 Å². The monoisotopic (exact) mass is 213 g/mol. The van der Waals surface area contributed by atoms with Gasteiger partial charge in [-0.05, 0) is 24.8 Å². The molecule has 0 bridgehead atoms. The van der Waals surface area contributed by atoms with Gasteiger partial charge in [0, 0.05) is 0 Å². The maximum absolute atomic E-state index is 9.28. The highest BCUT2D eigenvalue weighted by molar-refractivity contribution is 5.29. The van der Waals surface area contributed by atoms with Gasteiger partial charge in [0.1, 0.15) is 0 Å². The second-order valence-corrected chi connectivity index (χ2v) is 4.98. The molecule has 0 radical (unpaired) electrons. The predicted octanol–water partition coefficient (Wildman–Crippen LogP) is 4.18. The molecule has 16 heavy (non-hydrogen) atoms. The SMILES string of the molecule is Cc1cccc([C@H](C#N)CC2CCCC2)c1.